The highest BCUT2D eigenvalue weighted by Gasteiger charge is 2.37. The van der Waals surface area contributed by atoms with Crippen LogP contribution in [0, 0.1) is 27.7 Å². The lowest BCUT2D eigenvalue weighted by Gasteiger charge is -2.38. The van der Waals surface area contributed by atoms with Crippen molar-refractivity contribution in [2.75, 3.05) is 0 Å². The van der Waals surface area contributed by atoms with Crippen LogP contribution in [0.2, 0.25) is 0 Å². The van der Waals surface area contributed by atoms with Crippen molar-refractivity contribution in [2.24, 2.45) is 0 Å². The predicted octanol–water partition coefficient (Wildman–Crippen LogP) is 27.7. The van der Waals surface area contributed by atoms with Crippen LogP contribution in [0.3, 0.4) is 0 Å². The van der Waals surface area contributed by atoms with Crippen molar-refractivity contribution in [2.45, 2.75) is 59.8 Å². The lowest BCUT2D eigenvalue weighted by atomic mass is 9.65. The van der Waals surface area contributed by atoms with Gasteiger partial charge in [-0.15, -0.1) is 0 Å². The molecular formula is C103H80N4. The second-order valence-electron chi connectivity index (χ2n) is 28.9. The molecule has 0 radical (unpaired) electrons. The van der Waals surface area contributed by atoms with Crippen molar-refractivity contribution in [1.29, 1.82) is 0 Å². The summed E-state index contributed by atoms with van der Waals surface area (Å²) in [6.07, 6.45) is 5.85. The highest BCUT2D eigenvalue weighted by atomic mass is 15.0. The van der Waals surface area contributed by atoms with Gasteiger partial charge in [-0.2, -0.15) is 0 Å². The fourth-order valence-corrected chi connectivity index (χ4v) is 17.3. The normalized spacial score (nSPS) is 11.7. The zero-order valence-electron chi connectivity index (χ0n) is 61.2. The summed E-state index contributed by atoms with van der Waals surface area (Å²) >= 11 is 0. The molecule has 18 aromatic rings. The number of aromatic nitrogens is 4. The lowest BCUT2D eigenvalue weighted by molar-refractivity contribution is 0.480. The summed E-state index contributed by atoms with van der Waals surface area (Å²) in [5.74, 6) is 0. The maximum Gasteiger partial charge on any atom is 0.0705 e. The molecule has 0 spiro atoms. The number of hydrogen-bond donors (Lipinski definition) is 0. The van der Waals surface area contributed by atoms with Crippen molar-refractivity contribution < 1.29 is 0 Å². The monoisotopic (exact) mass is 1370 g/mol. The molecule has 512 valence electrons. The van der Waals surface area contributed by atoms with Crippen LogP contribution in [-0.4, -0.2) is 19.1 Å². The van der Waals surface area contributed by atoms with Crippen LogP contribution in [0.15, 0.2) is 352 Å². The Morgan fingerprint density at radius 2 is 0.617 bits per heavy atom. The number of fused-ring (bicyclic) bond motifs is 6. The highest BCUT2D eigenvalue weighted by Crippen LogP contribution is 2.53. The van der Waals surface area contributed by atoms with Crippen LogP contribution in [-0.2, 0) is 5.41 Å². The van der Waals surface area contributed by atoms with E-state index >= 15 is 0 Å². The van der Waals surface area contributed by atoms with Gasteiger partial charge in [0, 0.05) is 73.0 Å². The van der Waals surface area contributed by atoms with Crippen LogP contribution in [0.4, 0.5) is 0 Å². The van der Waals surface area contributed by atoms with E-state index < -0.39 is 5.41 Å². The van der Waals surface area contributed by atoms with Crippen molar-refractivity contribution >= 4 is 43.6 Å². The first-order valence-corrected chi connectivity index (χ1v) is 37.5. The summed E-state index contributed by atoms with van der Waals surface area (Å²) in [4.78, 5) is 10.8. The molecule has 0 bridgehead atoms. The van der Waals surface area contributed by atoms with Crippen molar-refractivity contribution in [3.8, 4) is 123 Å². The van der Waals surface area contributed by atoms with E-state index in [1.54, 1.807) is 0 Å². The van der Waals surface area contributed by atoms with Crippen molar-refractivity contribution in [3.05, 3.63) is 385 Å². The molecule has 14 aromatic carbocycles. The first-order valence-electron chi connectivity index (χ1n) is 37.5. The third-order valence-corrected chi connectivity index (χ3v) is 22.5. The molecule has 0 unspecified atom stereocenters. The van der Waals surface area contributed by atoms with Gasteiger partial charge in [0.25, 0.3) is 0 Å². The maximum atomic E-state index is 5.39. The van der Waals surface area contributed by atoms with Gasteiger partial charge < -0.3 is 9.13 Å². The average Bonchev–Trinajstić information content (AvgIpc) is 1.72. The number of pyridine rings is 2. The predicted molar refractivity (Wildman–Crippen MR) is 452 cm³/mol. The minimum atomic E-state index is -0.479. The second-order valence-corrected chi connectivity index (χ2v) is 28.9. The van der Waals surface area contributed by atoms with E-state index in [2.05, 4.69) is 403 Å². The Hall–Kier alpha value is -13.0. The van der Waals surface area contributed by atoms with Crippen LogP contribution in [0.25, 0.3) is 167 Å². The molecule has 0 N–H and O–H groups in total. The Bertz CT molecular complexity index is 6060. The molecule has 0 saturated carbocycles. The van der Waals surface area contributed by atoms with Crippen LogP contribution in [0.5, 0.6) is 0 Å². The van der Waals surface area contributed by atoms with E-state index in [1.807, 2.05) is 0 Å². The molecule has 4 heteroatoms. The molecule has 0 saturated heterocycles. The molecule has 18 rings (SSSR count). The Morgan fingerprint density at radius 1 is 0.252 bits per heavy atom. The summed E-state index contributed by atoms with van der Waals surface area (Å²) in [6.45, 7) is 13.8. The molecule has 4 aromatic heterocycles. The van der Waals surface area contributed by atoms with Gasteiger partial charge in [0.15, 0.2) is 0 Å². The molecule has 0 aliphatic heterocycles. The molecule has 4 heterocycles. The summed E-state index contributed by atoms with van der Waals surface area (Å²) < 4.78 is 4.83. The standard InChI is InChI=1S/C103H80N4/c1-7-103(8-2,81-55-67(3)54-68(4)56-81)102-88(84-50-46-79(96-57-69(5)94(65-104-96)75-34-25-32-73(59-75)71-28-13-9-14-29-71)63-90(84)77-48-52-100-92(61-77)86-40-21-23-44-98(86)106(100)82-36-17-11-18-37-82)42-27-43-89(102)85-51-47-80(97-58-70(6)95(66-105-97)76-35-26-33-74(60-76)72-30-15-10-16-31-72)64-91(85)78-49-53-101-93(62-78)87-41-22-24-45-99(87)107(101)83-38-19-12-20-39-83/h9-66H,7-8H2,1-6H3. The largest absolute Gasteiger partial charge is 0.309 e. The first-order chi connectivity index (χ1) is 52.6. The number of hydrogen-bond acceptors (Lipinski definition) is 2. The molecule has 0 aliphatic carbocycles. The molecule has 0 atom stereocenters. The SMILES string of the molecule is CCC(CC)(c1cc(C)cc(C)c1)c1c(-c2ccc(-c3cc(C)c(-c4cccc(-c5ccccc5)c4)cn3)cc2-c2ccc3c(c2)c2ccccc2n3-c2ccccc2)cccc1-c1ccc(-c2cc(C)c(-c3cccc(-c4ccccc4)c3)cn2)cc1-c1ccc2c(c1)c1ccccc1n2-c1ccccc1. The van der Waals surface area contributed by atoms with Gasteiger partial charge >= 0.3 is 0 Å². The minimum absolute atomic E-state index is 0.479. The van der Waals surface area contributed by atoms with Crippen LogP contribution >= 0.6 is 0 Å². The maximum absolute atomic E-state index is 5.39. The molecule has 0 amide bonds. The van der Waals surface area contributed by atoms with Gasteiger partial charge in [-0.05, 0) is 238 Å². The highest BCUT2D eigenvalue weighted by molar-refractivity contribution is 6.13. The smallest absolute Gasteiger partial charge is 0.0705 e. The number of benzene rings is 14. The zero-order valence-corrected chi connectivity index (χ0v) is 61.2. The summed E-state index contributed by atoms with van der Waals surface area (Å²) in [5.41, 5.74) is 36.3. The Morgan fingerprint density at radius 3 is 1.05 bits per heavy atom. The van der Waals surface area contributed by atoms with E-state index in [0.29, 0.717) is 0 Å². The molecule has 0 aliphatic rings. The molecule has 0 fully saturated rings. The van der Waals surface area contributed by atoms with Gasteiger partial charge in [-0.1, -0.05) is 268 Å². The van der Waals surface area contributed by atoms with Crippen LogP contribution < -0.4 is 0 Å². The summed E-state index contributed by atoms with van der Waals surface area (Å²) in [6, 6.07) is 126. The fraction of sp³-hybridized carbons (Fsp3) is 0.0874. The van der Waals surface area contributed by atoms with E-state index in [-0.39, 0.29) is 0 Å². The van der Waals surface area contributed by atoms with Gasteiger partial charge in [-0.25, -0.2) is 0 Å². The third kappa shape index (κ3) is 11.8. The summed E-state index contributed by atoms with van der Waals surface area (Å²) in [7, 11) is 0. The second kappa shape index (κ2) is 27.5. The van der Waals surface area contributed by atoms with Gasteiger partial charge in [0.1, 0.15) is 0 Å². The molecular weight excluding hydrogens is 1290 g/mol. The Kier molecular flexibility index (Phi) is 17.0. The topological polar surface area (TPSA) is 35.6 Å². The average molecular weight is 1370 g/mol. The number of nitrogens with zero attached hydrogens (tertiary/aromatic N) is 4. The zero-order chi connectivity index (χ0) is 72.3. The van der Waals surface area contributed by atoms with Crippen molar-refractivity contribution in [1.82, 2.24) is 19.1 Å². The molecule has 4 nitrogen and oxygen atoms in total. The number of rotatable bonds is 16. The van der Waals surface area contributed by atoms with Crippen molar-refractivity contribution in [3.63, 3.8) is 0 Å². The van der Waals surface area contributed by atoms with Gasteiger partial charge in [0.2, 0.25) is 0 Å². The quantitative estimate of drug-likeness (QED) is 0.0966. The number of para-hydroxylation sites is 4. The summed E-state index contributed by atoms with van der Waals surface area (Å²) in [5, 5.41) is 4.80. The van der Waals surface area contributed by atoms with E-state index in [1.165, 1.54) is 88.2 Å². The lowest BCUT2D eigenvalue weighted by Crippen LogP contribution is -2.28. The van der Waals surface area contributed by atoms with E-state index in [0.717, 1.165) is 125 Å². The number of aryl methyl sites for hydroxylation is 4. The Balaban J connectivity index is 0.879. The van der Waals surface area contributed by atoms with Gasteiger partial charge in [-0.3, -0.25) is 9.97 Å². The van der Waals surface area contributed by atoms with E-state index in [9.17, 15) is 0 Å². The minimum Gasteiger partial charge on any atom is -0.309 e. The van der Waals surface area contributed by atoms with Gasteiger partial charge in [0.05, 0.1) is 33.5 Å². The third-order valence-electron chi connectivity index (χ3n) is 22.5. The first kappa shape index (κ1) is 66.0. The van der Waals surface area contributed by atoms with E-state index in [4.69, 9.17) is 9.97 Å². The van der Waals surface area contributed by atoms with Crippen LogP contribution in [0.1, 0.15) is 60.1 Å². The Labute approximate surface area is 626 Å². The molecule has 107 heavy (non-hydrogen) atoms. The fourth-order valence-electron chi connectivity index (χ4n) is 17.3.